The highest BCUT2D eigenvalue weighted by Gasteiger charge is 2.17. The highest BCUT2D eigenvalue weighted by atomic mass is 19.2. The van der Waals surface area contributed by atoms with E-state index in [2.05, 4.69) is 5.10 Å². The van der Waals surface area contributed by atoms with Crippen LogP contribution in [-0.4, -0.2) is 20.9 Å². The Balaban J connectivity index is 2.59. The standard InChI is InChI=1S/C11H8F2N2O2/c1-15-5-7(11(16)17)10(14-15)6-2-3-8(12)9(13)4-6/h2-5H,1H3,(H,16,17). The van der Waals surface area contributed by atoms with Gasteiger partial charge in [0, 0.05) is 18.8 Å². The Morgan fingerprint density at radius 3 is 2.65 bits per heavy atom. The largest absolute Gasteiger partial charge is 0.478 e. The lowest BCUT2D eigenvalue weighted by Gasteiger charge is -1.99. The first-order valence-electron chi connectivity index (χ1n) is 4.71. The Bertz CT molecular complexity index is 593. The maximum Gasteiger partial charge on any atom is 0.339 e. The van der Waals surface area contributed by atoms with Gasteiger partial charge in [-0.05, 0) is 18.2 Å². The lowest BCUT2D eigenvalue weighted by atomic mass is 10.1. The van der Waals surface area contributed by atoms with Crippen molar-refractivity contribution in [1.29, 1.82) is 0 Å². The third kappa shape index (κ3) is 2.01. The van der Waals surface area contributed by atoms with E-state index in [1.165, 1.54) is 16.9 Å². The van der Waals surface area contributed by atoms with E-state index in [0.29, 0.717) is 0 Å². The van der Waals surface area contributed by atoms with Crippen LogP contribution in [0.2, 0.25) is 0 Å². The first-order valence-corrected chi connectivity index (χ1v) is 4.71. The molecule has 0 aliphatic rings. The van der Waals surface area contributed by atoms with E-state index in [1.54, 1.807) is 7.05 Å². The first-order chi connectivity index (χ1) is 7.99. The molecule has 0 saturated carbocycles. The second-order valence-electron chi connectivity index (χ2n) is 3.50. The van der Waals surface area contributed by atoms with Crippen LogP contribution in [0.1, 0.15) is 10.4 Å². The Morgan fingerprint density at radius 1 is 1.35 bits per heavy atom. The predicted molar refractivity (Wildman–Crippen MR) is 55.5 cm³/mol. The molecule has 6 heteroatoms. The van der Waals surface area contributed by atoms with Gasteiger partial charge in [0.15, 0.2) is 11.6 Å². The fourth-order valence-electron chi connectivity index (χ4n) is 1.50. The predicted octanol–water partition coefficient (Wildman–Crippen LogP) is 2.06. The van der Waals surface area contributed by atoms with Crippen LogP contribution in [-0.2, 0) is 7.05 Å². The lowest BCUT2D eigenvalue weighted by Crippen LogP contribution is -1.97. The van der Waals surface area contributed by atoms with Crippen molar-refractivity contribution in [3.8, 4) is 11.3 Å². The van der Waals surface area contributed by atoms with Crippen LogP contribution in [0.5, 0.6) is 0 Å². The van der Waals surface area contributed by atoms with Gasteiger partial charge in [-0.25, -0.2) is 13.6 Å². The van der Waals surface area contributed by atoms with Crippen LogP contribution in [0.4, 0.5) is 8.78 Å². The van der Waals surface area contributed by atoms with E-state index in [-0.39, 0.29) is 16.8 Å². The van der Waals surface area contributed by atoms with E-state index in [9.17, 15) is 13.6 Å². The van der Waals surface area contributed by atoms with Crippen molar-refractivity contribution in [2.45, 2.75) is 0 Å². The van der Waals surface area contributed by atoms with Gasteiger partial charge in [-0.15, -0.1) is 0 Å². The summed E-state index contributed by atoms with van der Waals surface area (Å²) in [6, 6.07) is 3.14. The van der Waals surface area contributed by atoms with Gasteiger partial charge in [0.25, 0.3) is 0 Å². The Morgan fingerprint density at radius 2 is 2.06 bits per heavy atom. The zero-order valence-electron chi connectivity index (χ0n) is 8.82. The summed E-state index contributed by atoms with van der Waals surface area (Å²) in [5, 5.41) is 12.9. The number of carboxylic acids is 1. The minimum absolute atomic E-state index is 0.0569. The maximum atomic E-state index is 13.0. The Hall–Kier alpha value is -2.24. The molecule has 0 spiro atoms. The molecular weight excluding hydrogens is 230 g/mol. The molecule has 0 unspecified atom stereocenters. The molecule has 88 valence electrons. The number of aromatic nitrogens is 2. The minimum Gasteiger partial charge on any atom is -0.478 e. The van der Waals surface area contributed by atoms with Crippen molar-refractivity contribution in [1.82, 2.24) is 9.78 Å². The molecule has 2 rings (SSSR count). The first kappa shape index (κ1) is 11.3. The van der Waals surface area contributed by atoms with Crippen LogP contribution >= 0.6 is 0 Å². The highest BCUT2D eigenvalue weighted by Crippen LogP contribution is 2.23. The molecule has 1 heterocycles. The Kier molecular flexibility index (Phi) is 2.63. The molecule has 0 amide bonds. The SMILES string of the molecule is Cn1cc(C(=O)O)c(-c2ccc(F)c(F)c2)n1. The zero-order valence-corrected chi connectivity index (χ0v) is 8.82. The molecule has 0 radical (unpaired) electrons. The van der Waals surface area contributed by atoms with E-state index >= 15 is 0 Å². The van der Waals surface area contributed by atoms with E-state index in [0.717, 1.165) is 12.1 Å². The second kappa shape index (κ2) is 3.97. The fraction of sp³-hybridized carbons (Fsp3) is 0.0909. The van der Waals surface area contributed by atoms with Crippen molar-refractivity contribution < 1.29 is 18.7 Å². The molecule has 1 N–H and O–H groups in total. The van der Waals surface area contributed by atoms with E-state index < -0.39 is 17.6 Å². The van der Waals surface area contributed by atoms with Gasteiger partial charge < -0.3 is 5.11 Å². The highest BCUT2D eigenvalue weighted by molar-refractivity contribution is 5.94. The maximum absolute atomic E-state index is 13.0. The molecule has 0 bridgehead atoms. The number of halogens is 2. The van der Waals surface area contributed by atoms with Crippen molar-refractivity contribution >= 4 is 5.97 Å². The molecule has 0 atom stereocenters. The minimum atomic E-state index is -1.17. The number of hydrogen-bond acceptors (Lipinski definition) is 2. The summed E-state index contributed by atoms with van der Waals surface area (Å²) in [4.78, 5) is 10.9. The average Bonchev–Trinajstić information content (AvgIpc) is 2.64. The molecule has 1 aromatic carbocycles. The van der Waals surface area contributed by atoms with Gasteiger partial charge in [-0.2, -0.15) is 5.10 Å². The van der Waals surface area contributed by atoms with Crippen LogP contribution in [0.15, 0.2) is 24.4 Å². The van der Waals surface area contributed by atoms with Crippen molar-refractivity contribution in [2.24, 2.45) is 7.05 Å². The molecular formula is C11H8F2N2O2. The zero-order chi connectivity index (χ0) is 12.6. The van der Waals surface area contributed by atoms with Gasteiger partial charge in [0.1, 0.15) is 11.3 Å². The van der Waals surface area contributed by atoms with Crippen LogP contribution < -0.4 is 0 Å². The number of hydrogen-bond donors (Lipinski definition) is 1. The molecule has 0 aliphatic carbocycles. The summed E-state index contributed by atoms with van der Waals surface area (Å²) in [6.07, 6.45) is 1.30. The molecule has 2 aromatic rings. The lowest BCUT2D eigenvalue weighted by molar-refractivity contribution is 0.0697. The second-order valence-corrected chi connectivity index (χ2v) is 3.50. The summed E-state index contributed by atoms with van der Waals surface area (Å²) in [7, 11) is 1.55. The molecule has 0 aliphatic heterocycles. The monoisotopic (exact) mass is 238 g/mol. The third-order valence-electron chi connectivity index (χ3n) is 2.25. The number of benzene rings is 1. The van der Waals surface area contributed by atoms with Crippen LogP contribution in [0, 0.1) is 11.6 Å². The topological polar surface area (TPSA) is 55.1 Å². The molecule has 0 saturated heterocycles. The number of aryl methyl sites for hydroxylation is 1. The number of rotatable bonds is 2. The normalized spacial score (nSPS) is 10.5. The van der Waals surface area contributed by atoms with Crippen molar-refractivity contribution in [3.63, 3.8) is 0 Å². The number of nitrogens with zero attached hydrogens (tertiary/aromatic N) is 2. The van der Waals surface area contributed by atoms with E-state index in [4.69, 9.17) is 5.11 Å². The number of aromatic carboxylic acids is 1. The van der Waals surface area contributed by atoms with Gasteiger partial charge in [0.2, 0.25) is 0 Å². The summed E-state index contributed by atoms with van der Waals surface area (Å²) in [5.41, 5.74) is 0.277. The molecule has 1 aromatic heterocycles. The summed E-state index contributed by atoms with van der Waals surface area (Å²) in [6.45, 7) is 0. The summed E-state index contributed by atoms with van der Waals surface area (Å²) in [5.74, 6) is -3.19. The number of carboxylic acid groups (broad SMARTS) is 1. The average molecular weight is 238 g/mol. The third-order valence-corrected chi connectivity index (χ3v) is 2.25. The van der Waals surface area contributed by atoms with Gasteiger partial charge in [0.05, 0.1) is 0 Å². The van der Waals surface area contributed by atoms with Crippen LogP contribution in [0.3, 0.4) is 0 Å². The number of carbonyl (C=O) groups is 1. The molecule has 0 fully saturated rings. The molecule has 4 nitrogen and oxygen atoms in total. The van der Waals surface area contributed by atoms with Crippen LogP contribution in [0.25, 0.3) is 11.3 Å². The molecule has 17 heavy (non-hydrogen) atoms. The smallest absolute Gasteiger partial charge is 0.339 e. The van der Waals surface area contributed by atoms with Crippen molar-refractivity contribution in [2.75, 3.05) is 0 Å². The van der Waals surface area contributed by atoms with Gasteiger partial charge in [-0.1, -0.05) is 0 Å². The summed E-state index contributed by atoms with van der Waals surface area (Å²) < 4.78 is 27.1. The van der Waals surface area contributed by atoms with Gasteiger partial charge in [-0.3, -0.25) is 4.68 Å². The fourth-order valence-corrected chi connectivity index (χ4v) is 1.50. The van der Waals surface area contributed by atoms with E-state index in [1.807, 2.05) is 0 Å². The Labute approximate surface area is 95.1 Å². The van der Waals surface area contributed by atoms with Gasteiger partial charge >= 0.3 is 5.97 Å². The summed E-state index contributed by atoms with van der Waals surface area (Å²) >= 11 is 0. The quantitative estimate of drug-likeness (QED) is 0.871. The van der Waals surface area contributed by atoms with Crippen molar-refractivity contribution in [3.05, 3.63) is 41.6 Å².